The molecule has 52 heavy (non-hydrogen) atoms. The molecule has 0 bridgehead atoms. The first kappa shape index (κ1) is 44.0. The second-order valence-electron chi connectivity index (χ2n) is 10.1. The van der Waals surface area contributed by atoms with Gasteiger partial charge in [-0.25, -0.2) is 4.98 Å². The van der Waals surface area contributed by atoms with Crippen LogP contribution in [-0.2, 0) is 32.9 Å². The van der Waals surface area contributed by atoms with Gasteiger partial charge in [-0.1, -0.05) is 48.5 Å². The molecule has 1 heterocycles. The highest BCUT2D eigenvalue weighted by Gasteiger charge is 2.35. The summed E-state index contributed by atoms with van der Waals surface area (Å²) < 4.78 is 116. The van der Waals surface area contributed by atoms with Crippen LogP contribution in [0.5, 0.6) is 0 Å². The van der Waals surface area contributed by atoms with E-state index in [1.807, 2.05) is 0 Å². The van der Waals surface area contributed by atoms with Gasteiger partial charge in [-0.2, -0.15) is 44.8 Å². The topological polar surface area (TPSA) is 163 Å². The van der Waals surface area contributed by atoms with Gasteiger partial charge in [-0.05, 0) is 45.0 Å². The van der Waals surface area contributed by atoms with Crippen LogP contribution in [0.4, 0.5) is 39.5 Å². The summed E-state index contributed by atoms with van der Waals surface area (Å²) >= 11 is 0. The van der Waals surface area contributed by atoms with Crippen LogP contribution in [-0.4, -0.2) is 34.2 Å². The number of H-pyrrole nitrogens is 1. The number of rotatable bonds is 5. The number of aryl methyl sites for hydroxylation is 1. The summed E-state index contributed by atoms with van der Waals surface area (Å²) in [5, 5.41) is 15.3. The number of ether oxygens (including phenoxy) is 1. The van der Waals surface area contributed by atoms with Gasteiger partial charge in [0.15, 0.2) is 0 Å². The lowest BCUT2D eigenvalue weighted by atomic mass is 10.1. The molecular formula is C34H30F9N5O4. The Labute approximate surface area is 290 Å². The third-order valence-electron chi connectivity index (χ3n) is 5.93. The van der Waals surface area contributed by atoms with Crippen LogP contribution in [0.25, 0.3) is 11.4 Å². The Morgan fingerprint density at radius 3 is 1.75 bits per heavy atom. The summed E-state index contributed by atoms with van der Waals surface area (Å²) in [5.74, 6) is -1.25. The first-order valence-electron chi connectivity index (χ1n) is 14.5. The minimum atomic E-state index is -4.49. The number of halogens is 9. The minimum absolute atomic E-state index is 0.0760. The highest BCUT2D eigenvalue weighted by atomic mass is 19.4. The SMILES string of the molecule is CCOC(=O)CC(C)=O.Cc1cc(=O)[nH]c(-c2ccccc2C(F)(F)F)n1.N#Cc1ccccc1C(F)(F)F.N=C(N)c1ccccc1C(F)(F)F. The number of carbonyl (C=O) groups is 2. The van der Waals surface area contributed by atoms with Gasteiger partial charge in [0.1, 0.15) is 23.9 Å². The number of alkyl halides is 9. The molecule has 4 N–H and O–H groups in total. The number of ketones is 1. The first-order chi connectivity index (χ1) is 24.0. The van der Waals surface area contributed by atoms with Gasteiger partial charge in [0.25, 0.3) is 5.56 Å². The first-order valence-corrected chi connectivity index (χ1v) is 14.5. The molecule has 3 aromatic carbocycles. The fourth-order valence-corrected chi connectivity index (χ4v) is 3.85. The van der Waals surface area contributed by atoms with E-state index in [9.17, 15) is 53.9 Å². The van der Waals surface area contributed by atoms with E-state index in [0.717, 1.165) is 24.3 Å². The number of nitrogens with two attached hydrogens (primary N) is 1. The van der Waals surface area contributed by atoms with Gasteiger partial charge in [-0.3, -0.25) is 19.8 Å². The number of amidine groups is 1. The molecule has 0 fully saturated rings. The molecule has 0 spiro atoms. The molecule has 0 radical (unpaired) electrons. The Balaban J connectivity index is 0.000000358. The molecule has 0 aliphatic carbocycles. The van der Waals surface area contributed by atoms with Crippen LogP contribution in [0.15, 0.2) is 83.7 Å². The van der Waals surface area contributed by atoms with Gasteiger partial charge in [-0.15, -0.1) is 0 Å². The number of nitrogens with one attached hydrogen (secondary N) is 2. The molecule has 0 atom stereocenters. The van der Waals surface area contributed by atoms with E-state index in [2.05, 4.69) is 14.7 Å². The fraction of sp³-hybridized carbons (Fsp3) is 0.235. The smallest absolute Gasteiger partial charge is 0.417 e. The Morgan fingerprint density at radius 1 is 0.846 bits per heavy atom. The van der Waals surface area contributed by atoms with E-state index in [1.165, 1.54) is 67.6 Å². The van der Waals surface area contributed by atoms with E-state index < -0.39 is 52.6 Å². The van der Waals surface area contributed by atoms with Crippen molar-refractivity contribution in [2.24, 2.45) is 5.73 Å². The summed E-state index contributed by atoms with van der Waals surface area (Å²) in [6, 6.07) is 17.1. The van der Waals surface area contributed by atoms with E-state index in [0.29, 0.717) is 12.3 Å². The lowest BCUT2D eigenvalue weighted by Crippen LogP contribution is -2.18. The number of nitriles is 1. The third kappa shape index (κ3) is 14.9. The van der Waals surface area contributed by atoms with Crippen molar-refractivity contribution >= 4 is 17.6 Å². The van der Waals surface area contributed by atoms with E-state index in [4.69, 9.17) is 16.4 Å². The summed E-state index contributed by atoms with van der Waals surface area (Å²) in [4.78, 5) is 38.1. The van der Waals surface area contributed by atoms with Crippen molar-refractivity contribution in [3.8, 4) is 17.5 Å². The maximum Gasteiger partial charge on any atom is 0.417 e. The van der Waals surface area contributed by atoms with E-state index in [1.54, 1.807) is 13.8 Å². The number of nitrogens with zero attached hydrogens (tertiary/aromatic N) is 2. The largest absolute Gasteiger partial charge is 0.466 e. The second-order valence-corrected chi connectivity index (χ2v) is 10.1. The molecule has 1 aromatic heterocycles. The standard InChI is InChI=1S/C12H9F3N2O.C8H7F3N2.C8H4F3N.C6H10O3/c1-7-6-10(18)17-11(16-7)8-4-2-3-5-9(8)12(13,14)15;9-8(10,11)6-4-2-1-3-5(6)7(12)13;9-8(10,11)7-4-2-1-3-6(7)5-12;1-3-9-6(8)4-5(2)7/h2-6H,1H3,(H,16,17,18);1-4H,(H3,12,13);1-4H;3-4H2,1-2H3. The summed E-state index contributed by atoms with van der Waals surface area (Å²) in [5.41, 5.74) is 1.55. The average molecular weight is 744 g/mol. The minimum Gasteiger partial charge on any atom is -0.466 e. The highest BCUT2D eigenvalue weighted by molar-refractivity contribution is 5.96. The Bertz CT molecular complexity index is 1930. The number of hydrogen-bond donors (Lipinski definition) is 3. The highest BCUT2D eigenvalue weighted by Crippen LogP contribution is 2.35. The van der Waals surface area contributed by atoms with Gasteiger partial charge < -0.3 is 15.5 Å². The van der Waals surface area contributed by atoms with Crippen LogP contribution in [0.1, 0.15) is 53.8 Å². The number of benzene rings is 3. The Hall–Kier alpha value is -5.99. The van der Waals surface area contributed by atoms with Crippen molar-refractivity contribution < 1.29 is 53.8 Å². The molecule has 0 amide bonds. The average Bonchev–Trinajstić information content (AvgIpc) is 3.04. The van der Waals surface area contributed by atoms with Crippen LogP contribution in [0, 0.1) is 23.7 Å². The van der Waals surface area contributed by atoms with Crippen molar-refractivity contribution in [3.63, 3.8) is 0 Å². The molecule has 18 heteroatoms. The van der Waals surface area contributed by atoms with Crippen molar-refractivity contribution in [3.05, 3.63) is 123 Å². The summed E-state index contributed by atoms with van der Waals surface area (Å²) in [7, 11) is 0. The molecule has 4 rings (SSSR count). The van der Waals surface area contributed by atoms with Gasteiger partial charge in [0.2, 0.25) is 0 Å². The molecular weight excluding hydrogens is 713 g/mol. The van der Waals surface area contributed by atoms with Gasteiger partial charge >= 0.3 is 24.5 Å². The number of Topliss-reactive ketones (excluding diaryl/α,β-unsaturated/α-hetero) is 1. The molecule has 4 aromatic rings. The lowest BCUT2D eigenvalue weighted by Gasteiger charge is -2.11. The Morgan fingerprint density at radius 2 is 1.33 bits per heavy atom. The molecule has 0 aliphatic heterocycles. The number of hydrogen-bond acceptors (Lipinski definition) is 7. The quantitative estimate of drug-likeness (QED) is 0.0616. The summed E-state index contributed by atoms with van der Waals surface area (Å²) in [6.45, 7) is 4.95. The van der Waals surface area contributed by atoms with Crippen LogP contribution < -0.4 is 11.3 Å². The predicted molar refractivity (Wildman–Crippen MR) is 171 cm³/mol. The summed E-state index contributed by atoms with van der Waals surface area (Å²) in [6.07, 6.45) is -13.5. The molecule has 0 saturated carbocycles. The van der Waals surface area contributed by atoms with Crippen LogP contribution in [0.3, 0.4) is 0 Å². The fourth-order valence-electron chi connectivity index (χ4n) is 3.85. The number of nitrogen functional groups attached to an aromatic ring is 1. The zero-order valence-corrected chi connectivity index (χ0v) is 27.4. The lowest BCUT2D eigenvalue weighted by molar-refractivity contribution is -0.145. The van der Waals surface area contributed by atoms with Crippen molar-refractivity contribution in [2.45, 2.75) is 45.7 Å². The van der Waals surface area contributed by atoms with Gasteiger partial charge in [0, 0.05) is 22.9 Å². The molecule has 0 unspecified atom stereocenters. The second kappa shape index (κ2) is 19.4. The third-order valence-corrected chi connectivity index (χ3v) is 5.93. The molecule has 0 aliphatic rings. The number of aromatic nitrogens is 2. The zero-order valence-electron chi connectivity index (χ0n) is 27.4. The van der Waals surface area contributed by atoms with E-state index >= 15 is 0 Å². The normalized spacial score (nSPS) is 10.8. The van der Waals surface area contributed by atoms with E-state index in [-0.39, 0.29) is 34.7 Å². The number of carbonyl (C=O) groups excluding carboxylic acids is 2. The number of aromatic amines is 1. The van der Waals surface area contributed by atoms with Crippen molar-refractivity contribution in [1.29, 1.82) is 10.7 Å². The monoisotopic (exact) mass is 743 g/mol. The van der Waals surface area contributed by atoms with Gasteiger partial charge in [0.05, 0.1) is 34.9 Å². The maximum atomic E-state index is 12.8. The predicted octanol–water partition coefficient (Wildman–Crippen LogP) is 7.86. The Kier molecular flexibility index (Phi) is 16.4. The molecule has 278 valence electrons. The van der Waals surface area contributed by atoms with Crippen molar-refractivity contribution in [2.75, 3.05) is 6.61 Å². The van der Waals surface area contributed by atoms with Crippen LogP contribution in [0.2, 0.25) is 0 Å². The maximum absolute atomic E-state index is 12.8. The van der Waals surface area contributed by atoms with Crippen LogP contribution >= 0.6 is 0 Å². The zero-order chi connectivity index (χ0) is 39.9. The number of esters is 1. The van der Waals surface area contributed by atoms with Crippen molar-refractivity contribution in [1.82, 2.24) is 9.97 Å². The molecule has 9 nitrogen and oxygen atoms in total. The molecule has 0 saturated heterocycles.